The summed E-state index contributed by atoms with van der Waals surface area (Å²) < 4.78 is 0. The number of aromatic amines is 1. The number of carbonyl (C=O) groups is 3. The van der Waals surface area contributed by atoms with E-state index in [1.165, 1.54) is 12.1 Å². The molecule has 1 aromatic heterocycles. The Kier molecular flexibility index (Phi) is 9.43. The molecule has 36 heavy (non-hydrogen) atoms. The van der Waals surface area contributed by atoms with Gasteiger partial charge < -0.3 is 37.9 Å². The Morgan fingerprint density at radius 1 is 0.917 bits per heavy atom. The van der Waals surface area contributed by atoms with Gasteiger partial charge in [0.05, 0.1) is 6.04 Å². The summed E-state index contributed by atoms with van der Waals surface area (Å²) in [5.41, 5.74) is 19.7. The normalized spacial score (nSPS) is 13.6. The van der Waals surface area contributed by atoms with Crippen LogP contribution in [0.3, 0.4) is 0 Å². The SMILES string of the molecule is NCCCC[C@H](NC(=O)[C@H](Cc1c[nH]c2ccccc12)NC(=O)[C@@H](N)Cc1ccc(O)cc1)C(N)=O. The molecule has 0 aliphatic rings. The smallest absolute Gasteiger partial charge is 0.243 e. The number of carbonyl (C=O) groups excluding carboxylic acids is 3. The molecule has 10 heteroatoms. The number of phenolic OH excluding ortho intramolecular Hbond substituents is 1. The maximum atomic E-state index is 13.3. The van der Waals surface area contributed by atoms with Crippen molar-refractivity contribution in [3.8, 4) is 5.75 Å². The number of phenols is 1. The van der Waals surface area contributed by atoms with E-state index in [1.54, 1.807) is 18.3 Å². The monoisotopic (exact) mass is 494 g/mol. The standard InChI is InChI=1S/C26H34N6O4/c27-12-4-3-7-22(24(29)34)31-26(36)23(14-17-15-30-21-6-2-1-5-19(17)21)32-25(35)20(28)13-16-8-10-18(33)11-9-16/h1-2,5-6,8-11,15,20,22-23,30,33H,3-4,7,12-14,27-28H2,(H2,29,34)(H,31,36)(H,32,35)/t20-,22-,23-/m0/s1. The van der Waals surface area contributed by atoms with Gasteiger partial charge in [-0.2, -0.15) is 0 Å². The molecule has 0 unspecified atom stereocenters. The van der Waals surface area contributed by atoms with Gasteiger partial charge in [-0.1, -0.05) is 30.3 Å². The number of hydrogen-bond acceptors (Lipinski definition) is 6. The molecule has 1 heterocycles. The fourth-order valence-electron chi connectivity index (χ4n) is 4.04. The number of rotatable bonds is 13. The van der Waals surface area contributed by atoms with E-state index < -0.39 is 35.8 Å². The molecular weight excluding hydrogens is 460 g/mol. The molecule has 3 rings (SSSR count). The highest BCUT2D eigenvalue weighted by molar-refractivity contribution is 5.93. The summed E-state index contributed by atoms with van der Waals surface area (Å²) in [5, 5.41) is 15.8. The summed E-state index contributed by atoms with van der Waals surface area (Å²) >= 11 is 0. The van der Waals surface area contributed by atoms with Crippen LogP contribution in [0.1, 0.15) is 30.4 Å². The Balaban J connectivity index is 1.76. The van der Waals surface area contributed by atoms with Crippen LogP contribution in [0.5, 0.6) is 5.75 Å². The summed E-state index contributed by atoms with van der Waals surface area (Å²) in [6, 6.07) is 11.2. The molecule has 10 N–H and O–H groups in total. The Labute approximate surface area is 209 Å². The zero-order valence-corrected chi connectivity index (χ0v) is 20.1. The molecule has 0 saturated carbocycles. The Bertz CT molecular complexity index is 1180. The molecule has 2 aromatic carbocycles. The predicted molar refractivity (Wildman–Crippen MR) is 138 cm³/mol. The second-order valence-corrected chi connectivity index (χ2v) is 8.85. The Morgan fingerprint density at radius 2 is 1.61 bits per heavy atom. The molecule has 3 aromatic rings. The number of benzene rings is 2. The third kappa shape index (κ3) is 7.30. The molecule has 10 nitrogen and oxygen atoms in total. The fraction of sp³-hybridized carbons (Fsp3) is 0.346. The van der Waals surface area contributed by atoms with Crippen LogP contribution in [0.15, 0.2) is 54.7 Å². The molecule has 0 aliphatic heterocycles. The summed E-state index contributed by atoms with van der Waals surface area (Å²) in [7, 11) is 0. The van der Waals surface area contributed by atoms with Crippen LogP contribution >= 0.6 is 0 Å². The highest BCUT2D eigenvalue weighted by Crippen LogP contribution is 2.19. The van der Waals surface area contributed by atoms with Gasteiger partial charge >= 0.3 is 0 Å². The minimum Gasteiger partial charge on any atom is -0.508 e. The molecule has 0 fully saturated rings. The van der Waals surface area contributed by atoms with Crippen molar-refractivity contribution in [2.24, 2.45) is 17.2 Å². The highest BCUT2D eigenvalue weighted by atomic mass is 16.3. The van der Waals surface area contributed by atoms with Gasteiger partial charge in [-0.3, -0.25) is 14.4 Å². The van der Waals surface area contributed by atoms with Crippen LogP contribution in [0, 0.1) is 0 Å². The van der Waals surface area contributed by atoms with Crippen LogP contribution in [-0.2, 0) is 27.2 Å². The van der Waals surface area contributed by atoms with Gasteiger partial charge in [0.2, 0.25) is 17.7 Å². The van der Waals surface area contributed by atoms with Crippen molar-refractivity contribution < 1.29 is 19.5 Å². The lowest BCUT2D eigenvalue weighted by molar-refractivity contribution is -0.131. The first-order chi connectivity index (χ1) is 17.3. The van der Waals surface area contributed by atoms with E-state index >= 15 is 0 Å². The lowest BCUT2D eigenvalue weighted by atomic mass is 10.0. The number of para-hydroxylation sites is 1. The van der Waals surface area contributed by atoms with Crippen molar-refractivity contribution in [1.82, 2.24) is 15.6 Å². The third-order valence-corrected chi connectivity index (χ3v) is 6.07. The lowest BCUT2D eigenvalue weighted by Gasteiger charge is -2.23. The van der Waals surface area contributed by atoms with Crippen molar-refractivity contribution in [3.05, 3.63) is 65.9 Å². The highest BCUT2D eigenvalue weighted by Gasteiger charge is 2.28. The summed E-state index contributed by atoms with van der Waals surface area (Å²) in [4.78, 5) is 41.4. The molecular formula is C26H34N6O4. The largest absolute Gasteiger partial charge is 0.508 e. The lowest BCUT2D eigenvalue weighted by Crippen LogP contribution is -2.56. The third-order valence-electron chi connectivity index (χ3n) is 6.07. The van der Waals surface area contributed by atoms with E-state index in [4.69, 9.17) is 17.2 Å². The van der Waals surface area contributed by atoms with E-state index in [1.807, 2.05) is 24.3 Å². The number of aromatic hydroxyl groups is 1. The number of unbranched alkanes of at least 4 members (excludes halogenated alkanes) is 1. The number of nitrogens with one attached hydrogen (secondary N) is 3. The Hall–Kier alpha value is -3.89. The average molecular weight is 495 g/mol. The van der Waals surface area contributed by atoms with E-state index in [2.05, 4.69) is 15.6 Å². The van der Waals surface area contributed by atoms with Crippen molar-refractivity contribution in [2.75, 3.05) is 6.54 Å². The summed E-state index contributed by atoms with van der Waals surface area (Å²) in [6.07, 6.45) is 3.87. The molecule has 0 radical (unpaired) electrons. The van der Waals surface area contributed by atoms with Gasteiger partial charge in [0, 0.05) is 23.5 Å². The number of aromatic nitrogens is 1. The molecule has 0 spiro atoms. The summed E-state index contributed by atoms with van der Waals surface area (Å²) in [5.74, 6) is -1.58. The van der Waals surface area contributed by atoms with Gasteiger partial charge in [0.15, 0.2) is 0 Å². The van der Waals surface area contributed by atoms with E-state index in [0.717, 1.165) is 22.0 Å². The number of amides is 3. The first-order valence-corrected chi connectivity index (χ1v) is 12.0. The molecule has 0 bridgehead atoms. The van der Waals surface area contributed by atoms with Crippen molar-refractivity contribution in [1.29, 1.82) is 0 Å². The predicted octanol–water partition coefficient (Wildman–Crippen LogP) is 0.570. The van der Waals surface area contributed by atoms with Crippen molar-refractivity contribution in [2.45, 2.75) is 50.2 Å². The van der Waals surface area contributed by atoms with Crippen LogP contribution in [0.25, 0.3) is 10.9 Å². The topological polar surface area (TPSA) is 189 Å². The van der Waals surface area contributed by atoms with Crippen molar-refractivity contribution in [3.63, 3.8) is 0 Å². The second kappa shape index (κ2) is 12.7. The van der Waals surface area contributed by atoms with Crippen LogP contribution in [0.2, 0.25) is 0 Å². The fourth-order valence-corrected chi connectivity index (χ4v) is 4.04. The molecule has 3 amide bonds. The summed E-state index contributed by atoms with van der Waals surface area (Å²) in [6.45, 7) is 0.470. The molecule has 192 valence electrons. The van der Waals surface area contributed by atoms with Crippen LogP contribution in [-0.4, -0.2) is 52.5 Å². The van der Waals surface area contributed by atoms with E-state index in [-0.39, 0.29) is 18.6 Å². The number of hydrogen-bond donors (Lipinski definition) is 7. The van der Waals surface area contributed by atoms with E-state index in [9.17, 15) is 19.5 Å². The number of primary amides is 1. The maximum Gasteiger partial charge on any atom is 0.243 e. The first kappa shape index (κ1) is 26.7. The number of fused-ring (bicyclic) bond motifs is 1. The Morgan fingerprint density at radius 3 is 2.31 bits per heavy atom. The van der Waals surface area contributed by atoms with Crippen LogP contribution in [0.4, 0.5) is 0 Å². The molecule has 3 atom stereocenters. The number of H-pyrrole nitrogens is 1. The zero-order chi connectivity index (χ0) is 26.1. The first-order valence-electron chi connectivity index (χ1n) is 12.0. The van der Waals surface area contributed by atoms with Gasteiger partial charge in [0.25, 0.3) is 0 Å². The molecule has 0 aliphatic carbocycles. The average Bonchev–Trinajstić information content (AvgIpc) is 3.27. The quantitative estimate of drug-likeness (QED) is 0.170. The van der Waals surface area contributed by atoms with Crippen molar-refractivity contribution >= 4 is 28.6 Å². The van der Waals surface area contributed by atoms with E-state index in [0.29, 0.717) is 25.8 Å². The zero-order valence-electron chi connectivity index (χ0n) is 20.1. The second-order valence-electron chi connectivity index (χ2n) is 8.85. The van der Waals surface area contributed by atoms with Crippen LogP contribution < -0.4 is 27.8 Å². The van der Waals surface area contributed by atoms with Gasteiger partial charge in [-0.05, 0) is 61.6 Å². The minimum atomic E-state index is -0.987. The van der Waals surface area contributed by atoms with Gasteiger partial charge in [-0.15, -0.1) is 0 Å². The molecule has 0 saturated heterocycles. The maximum absolute atomic E-state index is 13.3. The van der Waals surface area contributed by atoms with Gasteiger partial charge in [0.1, 0.15) is 17.8 Å². The minimum absolute atomic E-state index is 0.114. The number of nitrogens with two attached hydrogens (primary N) is 3. The van der Waals surface area contributed by atoms with Gasteiger partial charge in [-0.25, -0.2) is 0 Å².